The summed E-state index contributed by atoms with van der Waals surface area (Å²) in [7, 11) is -2.22. The SMILES string of the molecule is COc1ccc(S(=O)(=O)Nc2cccc(C)c2)c(N)c1. The van der Waals surface area contributed by atoms with E-state index in [2.05, 4.69) is 4.72 Å². The highest BCUT2D eigenvalue weighted by Crippen LogP contribution is 2.25. The van der Waals surface area contributed by atoms with E-state index >= 15 is 0 Å². The molecule has 0 aliphatic carbocycles. The largest absolute Gasteiger partial charge is 0.497 e. The van der Waals surface area contributed by atoms with Crippen molar-refractivity contribution in [3.05, 3.63) is 48.0 Å². The Labute approximate surface area is 118 Å². The zero-order chi connectivity index (χ0) is 14.8. The minimum absolute atomic E-state index is 0.0276. The summed E-state index contributed by atoms with van der Waals surface area (Å²) in [6.45, 7) is 1.89. The van der Waals surface area contributed by atoms with Crippen molar-refractivity contribution in [1.82, 2.24) is 0 Å². The van der Waals surface area contributed by atoms with Gasteiger partial charge >= 0.3 is 0 Å². The van der Waals surface area contributed by atoms with Crippen LogP contribution in [0.25, 0.3) is 0 Å². The molecule has 0 aromatic heterocycles. The standard InChI is InChI=1S/C14H16N2O3S/c1-10-4-3-5-11(8-10)16-20(17,18)14-7-6-12(19-2)9-13(14)15/h3-9,16H,15H2,1-2H3. The van der Waals surface area contributed by atoms with Crippen LogP contribution in [0, 0.1) is 6.92 Å². The Kier molecular flexibility index (Phi) is 3.85. The van der Waals surface area contributed by atoms with Gasteiger partial charge < -0.3 is 10.5 Å². The highest BCUT2D eigenvalue weighted by molar-refractivity contribution is 7.92. The molecule has 0 heterocycles. The second-order valence-corrected chi connectivity index (χ2v) is 6.03. The van der Waals surface area contributed by atoms with Crippen molar-refractivity contribution in [3.8, 4) is 5.75 Å². The van der Waals surface area contributed by atoms with Crippen LogP contribution in [0.5, 0.6) is 5.75 Å². The lowest BCUT2D eigenvalue weighted by Gasteiger charge is -2.11. The van der Waals surface area contributed by atoms with E-state index < -0.39 is 10.0 Å². The molecule has 0 aliphatic heterocycles. The fourth-order valence-corrected chi connectivity index (χ4v) is 2.98. The summed E-state index contributed by atoms with van der Waals surface area (Å²) in [5.41, 5.74) is 7.38. The van der Waals surface area contributed by atoms with Gasteiger partial charge in [-0.25, -0.2) is 8.42 Å². The molecule has 0 radical (unpaired) electrons. The van der Waals surface area contributed by atoms with Crippen molar-refractivity contribution in [1.29, 1.82) is 0 Å². The predicted molar refractivity (Wildman–Crippen MR) is 79.4 cm³/mol. The van der Waals surface area contributed by atoms with Crippen LogP contribution in [0.1, 0.15) is 5.56 Å². The van der Waals surface area contributed by atoms with E-state index in [1.807, 2.05) is 13.0 Å². The molecule has 0 aliphatic rings. The van der Waals surface area contributed by atoms with Crippen molar-refractivity contribution in [2.24, 2.45) is 0 Å². The fraction of sp³-hybridized carbons (Fsp3) is 0.143. The molecule has 0 unspecified atom stereocenters. The molecule has 0 saturated carbocycles. The molecule has 0 spiro atoms. The van der Waals surface area contributed by atoms with Crippen LogP contribution < -0.4 is 15.2 Å². The van der Waals surface area contributed by atoms with Crippen LogP contribution in [0.3, 0.4) is 0 Å². The average Bonchev–Trinajstić information content (AvgIpc) is 2.37. The van der Waals surface area contributed by atoms with Gasteiger partial charge in [-0.2, -0.15) is 0 Å². The van der Waals surface area contributed by atoms with Gasteiger partial charge in [0.1, 0.15) is 10.6 Å². The van der Waals surface area contributed by atoms with Crippen molar-refractivity contribution in [2.45, 2.75) is 11.8 Å². The summed E-state index contributed by atoms with van der Waals surface area (Å²) in [6.07, 6.45) is 0. The third kappa shape index (κ3) is 3.03. The number of hydrogen-bond donors (Lipinski definition) is 2. The second kappa shape index (κ2) is 5.42. The number of ether oxygens (including phenoxy) is 1. The maximum atomic E-state index is 12.3. The highest BCUT2D eigenvalue weighted by Gasteiger charge is 2.18. The first-order valence-corrected chi connectivity index (χ1v) is 7.44. The van der Waals surface area contributed by atoms with Gasteiger partial charge in [0.15, 0.2) is 0 Å². The summed E-state index contributed by atoms with van der Waals surface area (Å²) in [5.74, 6) is 0.511. The van der Waals surface area contributed by atoms with Crippen molar-refractivity contribution in [2.75, 3.05) is 17.6 Å². The van der Waals surface area contributed by atoms with E-state index in [-0.39, 0.29) is 10.6 Å². The van der Waals surface area contributed by atoms with Crippen molar-refractivity contribution >= 4 is 21.4 Å². The zero-order valence-electron chi connectivity index (χ0n) is 11.3. The molecule has 0 fully saturated rings. The predicted octanol–water partition coefficient (Wildman–Crippen LogP) is 2.39. The molecule has 0 bridgehead atoms. The molecule has 0 atom stereocenters. The number of hydrogen-bond acceptors (Lipinski definition) is 4. The van der Waals surface area contributed by atoms with E-state index in [1.165, 1.54) is 19.2 Å². The van der Waals surface area contributed by atoms with Crippen molar-refractivity contribution < 1.29 is 13.2 Å². The fourth-order valence-electron chi connectivity index (χ4n) is 1.82. The molecule has 0 saturated heterocycles. The molecule has 20 heavy (non-hydrogen) atoms. The highest BCUT2D eigenvalue weighted by atomic mass is 32.2. The Morgan fingerprint density at radius 1 is 1.15 bits per heavy atom. The monoisotopic (exact) mass is 292 g/mol. The van der Waals surface area contributed by atoms with Crippen LogP contribution in [0.15, 0.2) is 47.4 Å². The maximum absolute atomic E-state index is 12.3. The lowest BCUT2D eigenvalue weighted by molar-refractivity contribution is 0.414. The third-order valence-corrected chi connectivity index (χ3v) is 4.23. The average molecular weight is 292 g/mol. The molecule has 0 amide bonds. The van der Waals surface area contributed by atoms with Gasteiger partial charge in [-0.1, -0.05) is 12.1 Å². The second-order valence-electron chi connectivity index (χ2n) is 4.38. The Morgan fingerprint density at radius 3 is 2.50 bits per heavy atom. The first-order valence-electron chi connectivity index (χ1n) is 5.95. The lowest BCUT2D eigenvalue weighted by Crippen LogP contribution is -2.14. The van der Waals surface area contributed by atoms with Gasteiger partial charge in [-0.05, 0) is 36.8 Å². The molecule has 106 valence electrons. The molecule has 6 heteroatoms. The molecular weight excluding hydrogens is 276 g/mol. The smallest absolute Gasteiger partial charge is 0.263 e. The van der Waals surface area contributed by atoms with Crippen LogP contribution >= 0.6 is 0 Å². The normalized spacial score (nSPS) is 11.1. The van der Waals surface area contributed by atoms with Gasteiger partial charge in [-0.3, -0.25) is 4.72 Å². The number of rotatable bonds is 4. The first-order chi connectivity index (χ1) is 9.42. The summed E-state index contributed by atoms with van der Waals surface area (Å²) in [6, 6.07) is 11.6. The topological polar surface area (TPSA) is 81.4 Å². The Morgan fingerprint density at radius 2 is 1.90 bits per heavy atom. The zero-order valence-corrected chi connectivity index (χ0v) is 12.1. The van der Waals surface area contributed by atoms with Gasteiger partial charge in [0.05, 0.1) is 12.8 Å². The van der Waals surface area contributed by atoms with Crippen LogP contribution in [0.4, 0.5) is 11.4 Å². The number of sulfonamides is 1. The molecule has 2 rings (SSSR count). The number of nitrogens with one attached hydrogen (secondary N) is 1. The lowest BCUT2D eigenvalue weighted by atomic mass is 10.2. The van der Waals surface area contributed by atoms with Crippen LogP contribution in [0.2, 0.25) is 0 Å². The van der Waals surface area contributed by atoms with E-state index in [0.717, 1.165) is 5.56 Å². The number of benzene rings is 2. The number of nitrogens with two attached hydrogens (primary N) is 1. The third-order valence-electron chi connectivity index (χ3n) is 2.78. The number of anilines is 2. The molecule has 3 N–H and O–H groups in total. The number of aryl methyl sites for hydroxylation is 1. The molecule has 2 aromatic carbocycles. The van der Waals surface area contributed by atoms with Gasteiger partial charge in [-0.15, -0.1) is 0 Å². The minimum atomic E-state index is -3.72. The summed E-state index contributed by atoms with van der Waals surface area (Å²) in [5, 5.41) is 0. The first kappa shape index (κ1) is 14.2. The van der Waals surface area contributed by atoms with Gasteiger partial charge in [0.2, 0.25) is 0 Å². The molecular formula is C14H16N2O3S. The Bertz CT molecular complexity index is 727. The maximum Gasteiger partial charge on any atom is 0.263 e. The Balaban J connectivity index is 2.36. The van der Waals surface area contributed by atoms with E-state index in [4.69, 9.17) is 10.5 Å². The minimum Gasteiger partial charge on any atom is -0.497 e. The summed E-state index contributed by atoms with van der Waals surface area (Å²) >= 11 is 0. The van der Waals surface area contributed by atoms with E-state index in [1.54, 1.807) is 24.3 Å². The quantitative estimate of drug-likeness (QED) is 0.848. The summed E-state index contributed by atoms with van der Waals surface area (Å²) < 4.78 is 32.1. The number of nitrogen functional groups attached to an aromatic ring is 1. The van der Waals surface area contributed by atoms with Gasteiger partial charge in [0.25, 0.3) is 10.0 Å². The van der Waals surface area contributed by atoms with Crippen LogP contribution in [-0.2, 0) is 10.0 Å². The summed E-state index contributed by atoms with van der Waals surface area (Å²) in [4.78, 5) is 0.0276. The molecule has 5 nitrogen and oxygen atoms in total. The molecule has 2 aromatic rings. The Hall–Kier alpha value is -2.21. The van der Waals surface area contributed by atoms with E-state index in [9.17, 15) is 8.42 Å². The van der Waals surface area contributed by atoms with E-state index in [0.29, 0.717) is 11.4 Å². The van der Waals surface area contributed by atoms with Crippen molar-refractivity contribution in [3.63, 3.8) is 0 Å². The van der Waals surface area contributed by atoms with Gasteiger partial charge in [0, 0.05) is 11.8 Å². The van der Waals surface area contributed by atoms with Crippen LogP contribution in [-0.4, -0.2) is 15.5 Å². The number of methoxy groups -OCH3 is 1.